The normalized spacial score (nSPS) is 16.5. The minimum absolute atomic E-state index is 1.18. The molecule has 0 aliphatic carbocycles. The molecule has 2 aliphatic rings. The van der Waals surface area contributed by atoms with Crippen molar-refractivity contribution >= 4 is 43.7 Å². The molecule has 0 amide bonds. The van der Waals surface area contributed by atoms with Crippen molar-refractivity contribution in [2.75, 3.05) is 36.0 Å². The van der Waals surface area contributed by atoms with E-state index < -0.39 is 0 Å². The number of aryl methyl sites for hydroxylation is 3. The maximum Gasteiger partial charge on any atom is 0.0467 e. The molecule has 2 saturated heterocycles. The van der Waals surface area contributed by atoms with Gasteiger partial charge in [0, 0.05) is 53.7 Å². The highest BCUT2D eigenvalue weighted by Gasteiger charge is 2.24. The summed E-state index contributed by atoms with van der Waals surface area (Å²) in [5.41, 5.74) is 9.68. The van der Waals surface area contributed by atoms with Crippen LogP contribution in [0, 0.1) is 20.8 Å². The number of anilines is 2. The van der Waals surface area contributed by atoms with E-state index in [9.17, 15) is 0 Å². The van der Waals surface area contributed by atoms with Gasteiger partial charge in [-0.1, -0.05) is 42.0 Å². The van der Waals surface area contributed by atoms with Crippen LogP contribution < -0.4 is 9.80 Å². The van der Waals surface area contributed by atoms with Gasteiger partial charge in [-0.05, 0) is 103 Å². The van der Waals surface area contributed by atoms with Crippen molar-refractivity contribution in [3.05, 3.63) is 71.3 Å². The van der Waals surface area contributed by atoms with Crippen LogP contribution in [0.1, 0.15) is 42.4 Å². The molecule has 2 nitrogen and oxygen atoms in total. The van der Waals surface area contributed by atoms with Gasteiger partial charge in [0.1, 0.15) is 0 Å². The van der Waals surface area contributed by atoms with Gasteiger partial charge in [-0.25, -0.2) is 0 Å². The molecule has 2 heteroatoms. The molecule has 0 atom stereocenters. The van der Waals surface area contributed by atoms with E-state index in [2.05, 4.69) is 85.2 Å². The van der Waals surface area contributed by atoms with Gasteiger partial charge in [-0.3, -0.25) is 0 Å². The van der Waals surface area contributed by atoms with Gasteiger partial charge in [0.25, 0.3) is 0 Å². The maximum atomic E-state index is 2.63. The van der Waals surface area contributed by atoms with Gasteiger partial charge in [0.2, 0.25) is 0 Å². The predicted octanol–water partition coefficient (Wildman–Crippen LogP) is 8.38. The summed E-state index contributed by atoms with van der Waals surface area (Å²) in [7, 11) is 0. The fourth-order valence-electron chi connectivity index (χ4n) is 7.10. The number of hydrogen-bond acceptors (Lipinski definition) is 2. The molecule has 0 bridgehead atoms. The number of benzene rings is 5. The summed E-state index contributed by atoms with van der Waals surface area (Å²) < 4.78 is 0. The average Bonchev–Trinajstić information content (AvgIpc) is 3.56. The summed E-state index contributed by atoms with van der Waals surface area (Å²) in [4.78, 5) is 5.27. The van der Waals surface area contributed by atoms with Crippen molar-refractivity contribution in [2.45, 2.75) is 46.5 Å². The third-order valence-corrected chi connectivity index (χ3v) is 8.53. The Morgan fingerprint density at radius 3 is 1.51 bits per heavy atom. The average molecular weight is 459 g/mol. The van der Waals surface area contributed by atoms with E-state index in [0.29, 0.717) is 0 Å². The highest BCUT2D eigenvalue weighted by molar-refractivity contribution is 6.28. The van der Waals surface area contributed by atoms with Crippen molar-refractivity contribution < 1.29 is 0 Å². The molecule has 5 aromatic rings. The predicted molar refractivity (Wildman–Crippen MR) is 153 cm³/mol. The lowest BCUT2D eigenvalue weighted by molar-refractivity contribution is 0.949. The van der Waals surface area contributed by atoms with Gasteiger partial charge in [-0.15, -0.1) is 0 Å². The first-order valence-corrected chi connectivity index (χ1v) is 13.4. The van der Waals surface area contributed by atoms with Crippen LogP contribution in [0.2, 0.25) is 0 Å². The van der Waals surface area contributed by atoms with Crippen LogP contribution in [0.25, 0.3) is 43.4 Å². The highest BCUT2D eigenvalue weighted by Crippen LogP contribution is 2.46. The topological polar surface area (TPSA) is 6.48 Å². The molecule has 7 rings (SSSR count). The Balaban J connectivity index is 1.54. The summed E-state index contributed by atoms with van der Waals surface area (Å²) in [6, 6.07) is 21.6. The van der Waals surface area contributed by atoms with Crippen LogP contribution in [0.3, 0.4) is 0 Å². The van der Waals surface area contributed by atoms with Crippen LogP contribution in [-0.4, -0.2) is 26.2 Å². The van der Waals surface area contributed by atoms with Gasteiger partial charge in [0.15, 0.2) is 0 Å². The van der Waals surface area contributed by atoms with Gasteiger partial charge in [0.05, 0.1) is 0 Å². The standard InChI is InChI=1S/C33H34N2/c1-21-16-22(2)31(23(3)17-21)26-18-24-8-10-27-29(34-12-4-5-13-34)20-30(35-14-6-7-15-35)28-11-9-25(19-26)32(24)33(27)28/h8-11,16-20H,4-7,12-15H2,1-3H3. The van der Waals surface area contributed by atoms with E-state index in [4.69, 9.17) is 0 Å². The summed E-state index contributed by atoms with van der Waals surface area (Å²) in [5.74, 6) is 0. The van der Waals surface area contributed by atoms with E-state index in [0.717, 1.165) is 0 Å². The maximum absolute atomic E-state index is 2.63. The first-order valence-electron chi connectivity index (χ1n) is 13.4. The molecule has 2 fully saturated rings. The lowest BCUT2D eigenvalue weighted by Crippen LogP contribution is -2.21. The monoisotopic (exact) mass is 458 g/mol. The molecular formula is C33H34N2. The van der Waals surface area contributed by atoms with E-state index in [1.165, 1.54) is 123 Å². The molecule has 0 radical (unpaired) electrons. The van der Waals surface area contributed by atoms with Gasteiger partial charge >= 0.3 is 0 Å². The van der Waals surface area contributed by atoms with Crippen molar-refractivity contribution in [3.63, 3.8) is 0 Å². The van der Waals surface area contributed by atoms with Gasteiger partial charge < -0.3 is 9.80 Å². The second-order valence-electron chi connectivity index (χ2n) is 11.0. The summed E-state index contributed by atoms with van der Waals surface area (Å²) in [6.07, 6.45) is 5.22. The van der Waals surface area contributed by atoms with Crippen molar-refractivity contribution in [1.29, 1.82) is 0 Å². The zero-order chi connectivity index (χ0) is 23.7. The molecule has 0 spiro atoms. The first kappa shape index (κ1) is 21.1. The summed E-state index contributed by atoms with van der Waals surface area (Å²) in [5, 5.41) is 8.49. The van der Waals surface area contributed by atoms with Crippen molar-refractivity contribution in [2.24, 2.45) is 0 Å². The lowest BCUT2D eigenvalue weighted by Gasteiger charge is -2.27. The highest BCUT2D eigenvalue weighted by atomic mass is 15.2. The lowest BCUT2D eigenvalue weighted by atomic mass is 9.87. The molecule has 0 saturated carbocycles. The quantitative estimate of drug-likeness (QED) is 0.251. The molecule has 2 aliphatic heterocycles. The van der Waals surface area contributed by atoms with E-state index in [-0.39, 0.29) is 0 Å². The third kappa shape index (κ3) is 3.22. The van der Waals surface area contributed by atoms with Crippen molar-refractivity contribution in [3.8, 4) is 11.1 Å². The number of rotatable bonds is 3. The van der Waals surface area contributed by atoms with Crippen LogP contribution in [0.4, 0.5) is 11.4 Å². The van der Waals surface area contributed by atoms with Crippen LogP contribution >= 0.6 is 0 Å². The Morgan fingerprint density at radius 1 is 0.543 bits per heavy atom. The largest absolute Gasteiger partial charge is 0.371 e. The molecular weight excluding hydrogens is 424 g/mol. The molecule has 5 aromatic carbocycles. The molecule has 176 valence electrons. The SMILES string of the molecule is Cc1cc(C)c(-c2cc3ccc4c(N5CCCC5)cc(N5CCCC5)c5ccc(c2)c3c45)c(C)c1. The Morgan fingerprint density at radius 2 is 1.03 bits per heavy atom. The van der Waals surface area contributed by atoms with Crippen LogP contribution in [0.15, 0.2) is 54.6 Å². The second-order valence-corrected chi connectivity index (χ2v) is 11.0. The van der Waals surface area contributed by atoms with Crippen LogP contribution in [0.5, 0.6) is 0 Å². The number of nitrogens with zero attached hydrogens (tertiary/aromatic N) is 2. The zero-order valence-electron chi connectivity index (χ0n) is 21.2. The first-order chi connectivity index (χ1) is 17.1. The minimum atomic E-state index is 1.18. The Kier molecular flexibility index (Phi) is 4.74. The zero-order valence-corrected chi connectivity index (χ0v) is 21.2. The molecule has 35 heavy (non-hydrogen) atoms. The summed E-state index contributed by atoms with van der Waals surface area (Å²) in [6.45, 7) is 11.4. The van der Waals surface area contributed by atoms with E-state index >= 15 is 0 Å². The summed E-state index contributed by atoms with van der Waals surface area (Å²) >= 11 is 0. The third-order valence-electron chi connectivity index (χ3n) is 8.53. The van der Waals surface area contributed by atoms with Crippen molar-refractivity contribution in [1.82, 2.24) is 0 Å². The molecule has 0 N–H and O–H groups in total. The minimum Gasteiger partial charge on any atom is -0.371 e. The fraction of sp³-hybridized carbons (Fsp3) is 0.333. The molecule has 0 aromatic heterocycles. The van der Waals surface area contributed by atoms with E-state index in [1.54, 1.807) is 0 Å². The number of hydrogen-bond donors (Lipinski definition) is 0. The van der Waals surface area contributed by atoms with E-state index in [1.807, 2.05) is 0 Å². The Labute approximate surface area is 208 Å². The second kappa shape index (κ2) is 7.88. The smallest absolute Gasteiger partial charge is 0.0467 e. The molecule has 2 heterocycles. The Bertz CT molecular complexity index is 1480. The Hall–Kier alpha value is -3.26. The van der Waals surface area contributed by atoms with Crippen LogP contribution in [-0.2, 0) is 0 Å². The molecule has 0 unspecified atom stereocenters. The fourth-order valence-corrected chi connectivity index (χ4v) is 7.10. The van der Waals surface area contributed by atoms with Gasteiger partial charge in [-0.2, -0.15) is 0 Å².